The van der Waals surface area contributed by atoms with E-state index in [-0.39, 0.29) is 0 Å². The van der Waals surface area contributed by atoms with Crippen molar-refractivity contribution in [1.82, 2.24) is 5.32 Å². The standard InChI is InChI=1S/C7H10ClN/c1-3-4-5-9-6-7(2)8/h9H,2,5-6H2,1H3. The van der Waals surface area contributed by atoms with Crippen molar-refractivity contribution in [3.05, 3.63) is 11.6 Å². The summed E-state index contributed by atoms with van der Waals surface area (Å²) in [5, 5.41) is 3.60. The van der Waals surface area contributed by atoms with Gasteiger partial charge in [-0.05, 0) is 6.92 Å². The maximum absolute atomic E-state index is 5.45. The molecule has 0 aromatic rings. The van der Waals surface area contributed by atoms with E-state index in [4.69, 9.17) is 11.6 Å². The van der Waals surface area contributed by atoms with Gasteiger partial charge >= 0.3 is 0 Å². The van der Waals surface area contributed by atoms with Gasteiger partial charge in [0.15, 0.2) is 0 Å². The molecule has 0 heterocycles. The fourth-order valence-electron chi connectivity index (χ4n) is 0.349. The molecular formula is C7H10ClN. The van der Waals surface area contributed by atoms with Crippen LogP contribution in [0.4, 0.5) is 0 Å². The molecule has 0 aliphatic heterocycles. The molecule has 0 aromatic carbocycles. The smallest absolute Gasteiger partial charge is 0.0579 e. The highest BCUT2D eigenvalue weighted by atomic mass is 35.5. The molecule has 0 aliphatic carbocycles. The SMILES string of the molecule is C=C(Cl)CNCC#CC. The van der Waals surface area contributed by atoms with Crippen LogP contribution in [0, 0.1) is 11.8 Å². The Labute approximate surface area is 61.1 Å². The molecule has 0 atom stereocenters. The maximum atomic E-state index is 5.45. The third-order valence-electron chi connectivity index (χ3n) is 0.707. The largest absolute Gasteiger partial charge is 0.301 e. The van der Waals surface area contributed by atoms with Crippen molar-refractivity contribution in [3.8, 4) is 11.8 Å². The van der Waals surface area contributed by atoms with Gasteiger partial charge < -0.3 is 5.32 Å². The third-order valence-corrected chi connectivity index (χ3v) is 0.841. The summed E-state index contributed by atoms with van der Waals surface area (Å²) in [6.45, 7) is 6.63. The van der Waals surface area contributed by atoms with E-state index in [1.807, 2.05) is 0 Å². The van der Waals surface area contributed by atoms with Crippen LogP contribution in [-0.4, -0.2) is 13.1 Å². The van der Waals surface area contributed by atoms with E-state index < -0.39 is 0 Å². The lowest BCUT2D eigenvalue weighted by Gasteiger charge is -1.94. The van der Waals surface area contributed by atoms with Crippen molar-refractivity contribution >= 4 is 11.6 Å². The molecule has 0 spiro atoms. The average Bonchev–Trinajstić information content (AvgIpc) is 1.80. The van der Waals surface area contributed by atoms with Crippen LogP contribution >= 0.6 is 11.6 Å². The second-order valence-electron chi connectivity index (χ2n) is 1.55. The molecular weight excluding hydrogens is 134 g/mol. The van der Waals surface area contributed by atoms with E-state index in [2.05, 4.69) is 23.7 Å². The van der Waals surface area contributed by atoms with E-state index >= 15 is 0 Å². The number of nitrogens with one attached hydrogen (secondary N) is 1. The minimum absolute atomic E-state index is 0.618. The first kappa shape index (κ1) is 8.55. The van der Waals surface area contributed by atoms with Gasteiger partial charge in [-0.25, -0.2) is 0 Å². The quantitative estimate of drug-likeness (QED) is 0.465. The fraction of sp³-hybridized carbons (Fsp3) is 0.429. The van der Waals surface area contributed by atoms with Gasteiger partial charge in [-0.2, -0.15) is 0 Å². The summed E-state index contributed by atoms with van der Waals surface area (Å²) in [6, 6.07) is 0. The number of halogens is 1. The molecule has 1 N–H and O–H groups in total. The number of hydrogen-bond donors (Lipinski definition) is 1. The lowest BCUT2D eigenvalue weighted by atomic mass is 10.5. The van der Waals surface area contributed by atoms with Gasteiger partial charge in [-0.15, -0.1) is 5.92 Å². The van der Waals surface area contributed by atoms with Crippen LogP contribution in [0.1, 0.15) is 6.92 Å². The fourth-order valence-corrected chi connectivity index (χ4v) is 0.444. The van der Waals surface area contributed by atoms with Crippen molar-refractivity contribution < 1.29 is 0 Å². The van der Waals surface area contributed by atoms with E-state index in [0.717, 1.165) is 0 Å². The average molecular weight is 144 g/mol. The summed E-state index contributed by atoms with van der Waals surface area (Å²) < 4.78 is 0. The maximum Gasteiger partial charge on any atom is 0.0579 e. The topological polar surface area (TPSA) is 12.0 Å². The minimum Gasteiger partial charge on any atom is -0.301 e. The van der Waals surface area contributed by atoms with Gasteiger partial charge in [0.05, 0.1) is 6.54 Å². The van der Waals surface area contributed by atoms with Crippen molar-refractivity contribution in [1.29, 1.82) is 0 Å². The zero-order valence-electron chi connectivity index (χ0n) is 5.50. The van der Waals surface area contributed by atoms with Crippen LogP contribution < -0.4 is 5.32 Å². The number of hydrogen-bond acceptors (Lipinski definition) is 1. The highest BCUT2D eigenvalue weighted by Crippen LogP contribution is 1.90. The summed E-state index contributed by atoms with van der Waals surface area (Å²) >= 11 is 5.45. The Hall–Kier alpha value is -0.450. The molecule has 0 aliphatic rings. The van der Waals surface area contributed by atoms with Gasteiger partial charge in [0, 0.05) is 11.6 Å². The van der Waals surface area contributed by atoms with Crippen molar-refractivity contribution in [2.75, 3.05) is 13.1 Å². The molecule has 0 unspecified atom stereocenters. The Morgan fingerprint density at radius 2 is 2.44 bits per heavy atom. The van der Waals surface area contributed by atoms with E-state index in [0.29, 0.717) is 18.1 Å². The highest BCUT2D eigenvalue weighted by molar-refractivity contribution is 6.29. The van der Waals surface area contributed by atoms with Crippen molar-refractivity contribution in [2.45, 2.75) is 6.92 Å². The Morgan fingerprint density at radius 3 is 2.89 bits per heavy atom. The van der Waals surface area contributed by atoms with E-state index in [1.165, 1.54) is 0 Å². The molecule has 50 valence electrons. The summed E-state index contributed by atoms with van der Waals surface area (Å²) in [7, 11) is 0. The Bertz CT molecular complexity index is 141. The van der Waals surface area contributed by atoms with Crippen LogP contribution in [0.15, 0.2) is 11.6 Å². The molecule has 0 fully saturated rings. The summed E-state index contributed by atoms with van der Waals surface area (Å²) in [4.78, 5) is 0. The zero-order chi connectivity index (χ0) is 7.11. The Kier molecular flexibility index (Phi) is 5.40. The Balaban J connectivity index is 3.07. The van der Waals surface area contributed by atoms with Gasteiger partial charge in [0.25, 0.3) is 0 Å². The molecule has 0 saturated heterocycles. The molecule has 1 nitrogen and oxygen atoms in total. The van der Waals surface area contributed by atoms with Crippen LogP contribution in [-0.2, 0) is 0 Å². The second-order valence-corrected chi connectivity index (χ2v) is 2.08. The highest BCUT2D eigenvalue weighted by Gasteiger charge is 1.82. The first-order valence-corrected chi connectivity index (χ1v) is 3.08. The van der Waals surface area contributed by atoms with Gasteiger partial charge in [0.1, 0.15) is 0 Å². The van der Waals surface area contributed by atoms with Crippen LogP contribution in [0.2, 0.25) is 0 Å². The normalized spacial score (nSPS) is 7.78. The van der Waals surface area contributed by atoms with Crippen molar-refractivity contribution in [2.24, 2.45) is 0 Å². The van der Waals surface area contributed by atoms with E-state index in [1.54, 1.807) is 6.92 Å². The Morgan fingerprint density at radius 1 is 1.78 bits per heavy atom. The minimum atomic E-state index is 0.618. The predicted octanol–water partition coefficient (Wildman–Crippen LogP) is 1.35. The van der Waals surface area contributed by atoms with Gasteiger partial charge in [0.2, 0.25) is 0 Å². The number of rotatable bonds is 3. The zero-order valence-corrected chi connectivity index (χ0v) is 6.26. The second kappa shape index (κ2) is 5.68. The third kappa shape index (κ3) is 7.55. The lowest BCUT2D eigenvalue weighted by molar-refractivity contribution is 0.850. The van der Waals surface area contributed by atoms with Crippen LogP contribution in [0.3, 0.4) is 0 Å². The molecule has 0 rings (SSSR count). The molecule has 0 aromatic heterocycles. The molecule has 0 bridgehead atoms. The molecule has 0 radical (unpaired) electrons. The predicted molar refractivity (Wildman–Crippen MR) is 41.3 cm³/mol. The van der Waals surface area contributed by atoms with Crippen LogP contribution in [0.5, 0.6) is 0 Å². The van der Waals surface area contributed by atoms with E-state index in [9.17, 15) is 0 Å². The summed E-state index contributed by atoms with van der Waals surface area (Å²) in [5.74, 6) is 5.60. The monoisotopic (exact) mass is 143 g/mol. The molecule has 0 amide bonds. The van der Waals surface area contributed by atoms with Crippen molar-refractivity contribution in [3.63, 3.8) is 0 Å². The molecule has 0 saturated carbocycles. The first-order valence-electron chi connectivity index (χ1n) is 2.71. The van der Waals surface area contributed by atoms with Gasteiger partial charge in [-0.1, -0.05) is 24.1 Å². The van der Waals surface area contributed by atoms with Crippen LogP contribution in [0.25, 0.3) is 0 Å². The summed E-state index contributed by atoms with van der Waals surface area (Å²) in [6.07, 6.45) is 0. The first-order chi connectivity index (χ1) is 4.27. The lowest BCUT2D eigenvalue weighted by Crippen LogP contribution is -2.14. The molecule has 9 heavy (non-hydrogen) atoms. The van der Waals surface area contributed by atoms with Gasteiger partial charge in [-0.3, -0.25) is 0 Å². The summed E-state index contributed by atoms with van der Waals surface area (Å²) in [5.41, 5.74) is 0. The molecule has 2 heteroatoms.